The maximum Gasteiger partial charge on any atom is 0.254 e. The molecule has 7 nitrogen and oxygen atoms in total. The average Bonchev–Trinajstić information content (AvgIpc) is 3.43. The lowest BCUT2D eigenvalue weighted by atomic mass is 10.1. The van der Waals surface area contributed by atoms with Gasteiger partial charge in [-0.3, -0.25) is 9.89 Å². The molecule has 2 heterocycles. The van der Waals surface area contributed by atoms with Crippen LogP contribution in [0.3, 0.4) is 0 Å². The van der Waals surface area contributed by atoms with Gasteiger partial charge in [0.05, 0.1) is 36.8 Å². The highest BCUT2D eigenvalue weighted by atomic mass is 16.5. The minimum atomic E-state index is -0.211. The number of aromatic amines is 1. The lowest BCUT2D eigenvalue weighted by molar-refractivity contribution is 0.0950. The fourth-order valence-corrected chi connectivity index (χ4v) is 2.88. The Bertz CT molecular complexity index is 1080. The fourth-order valence-electron chi connectivity index (χ4n) is 2.88. The normalized spacial score (nSPS) is 10.6. The number of hydrogen-bond donors (Lipinski definition) is 2. The summed E-state index contributed by atoms with van der Waals surface area (Å²) in [6, 6.07) is 19.3. The van der Waals surface area contributed by atoms with Crippen LogP contribution in [0, 0.1) is 0 Å². The highest BCUT2D eigenvalue weighted by Crippen LogP contribution is 2.21. The third-order valence-electron chi connectivity index (χ3n) is 4.32. The van der Waals surface area contributed by atoms with Crippen LogP contribution < -0.4 is 10.1 Å². The molecule has 0 saturated heterocycles. The summed E-state index contributed by atoms with van der Waals surface area (Å²) in [5.41, 5.74) is 3.92. The van der Waals surface area contributed by atoms with Crippen LogP contribution in [0.1, 0.15) is 16.1 Å². The number of carbonyl (C=O) groups excluding carboxylic acids is 1. The number of H-pyrrole nitrogens is 1. The molecule has 0 aliphatic heterocycles. The van der Waals surface area contributed by atoms with E-state index in [2.05, 4.69) is 20.6 Å². The maximum atomic E-state index is 12.5. The van der Waals surface area contributed by atoms with Crippen molar-refractivity contribution in [3.05, 3.63) is 84.3 Å². The average molecular weight is 373 g/mol. The van der Waals surface area contributed by atoms with Crippen LogP contribution in [-0.4, -0.2) is 33.0 Å². The minimum absolute atomic E-state index is 0.211. The topological polar surface area (TPSA) is 84.8 Å². The first-order valence-electron chi connectivity index (χ1n) is 8.80. The molecule has 140 valence electrons. The number of amides is 1. The number of nitrogens with one attached hydrogen (secondary N) is 2. The summed E-state index contributed by atoms with van der Waals surface area (Å²) >= 11 is 0. The highest BCUT2D eigenvalue weighted by Gasteiger charge is 2.12. The van der Waals surface area contributed by atoms with Crippen LogP contribution in [0.25, 0.3) is 16.9 Å². The Labute approximate surface area is 162 Å². The van der Waals surface area contributed by atoms with Crippen LogP contribution in [0.4, 0.5) is 0 Å². The molecule has 0 unspecified atom stereocenters. The molecular weight excluding hydrogens is 354 g/mol. The predicted octanol–water partition coefficient (Wildman–Crippen LogP) is 3.20. The van der Waals surface area contributed by atoms with Gasteiger partial charge in [-0.1, -0.05) is 42.5 Å². The molecule has 0 saturated carbocycles. The number of aromatic nitrogens is 4. The van der Waals surface area contributed by atoms with Crippen molar-refractivity contribution >= 4 is 5.91 Å². The van der Waals surface area contributed by atoms with Gasteiger partial charge in [-0.15, -0.1) is 0 Å². The Morgan fingerprint density at radius 1 is 1.14 bits per heavy atom. The molecule has 2 aromatic heterocycles. The fraction of sp³-hybridized carbons (Fsp3) is 0.0952. The zero-order valence-electron chi connectivity index (χ0n) is 15.3. The SMILES string of the molecule is COc1ccccc1-n1cc(C(=O)NCc2cc(-c3ccccc3)n[nH]2)cn1. The van der Waals surface area contributed by atoms with Gasteiger partial charge in [-0.2, -0.15) is 10.2 Å². The molecule has 4 rings (SSSR count). The van der Waals surface area contributed by atoms with Crippen LogP contribution >= 0.6 is 0 Å². The van der Waals surface area contributed by atoms with Gasteiger partial charge in [-0.25, -0.2) is 4.68 Å². The zero-order chi connectivity index (χ0) is 19.3. The second kappa shape index (κ2) is 7.79. The van der Waals surface area contributed by atoms with Gasteiger partial charge < -0.3 is 10.1 Å². The van der Waals surface area contributed by atoms with Gasteiger partial charge in [0.1, 0.15) is 11.4 Å². The van der Waals surface area contributed by atoms with Crippen molar-refractivity contribution in [2.24, 2.45) is 0 Å². The van der Waals surface area contributed by atoms with E-state index in [0.29, 0.717) is 17.9 Å². The van der Waals surface area contributed by atoms with Crippen molar-refractivity contribution in [2.45, 2.75) is 6.54 Å². The Balaban J connectivity index is 1.43. The number of hydrogen-bond acceptors (Lipinski definition) is 4. The van der Waals surface area contributed by atoms with Gasteiger partial charge in [0.25, 0.3) is 5.91 Å². The van der Waals surface area contributed by atoms with Gasteiger partial charge in [0.15, 0.2) is 0 Å². The van der Waals surface area contributed by atoms with E-state index >= 15 is 0 Å². The number of rotatable bonds is 6. The predicted molar refractivity (Wildman–Crippen MR) is 105 cm³/mol. The van der Waals surface area contributed by atoms with Crippen LogP contribution in [0.5, 0.6) is 5.75 Å². The Morgan fingerprint density at radius 3 is 2.75 bits per heavy atom. The number of ether oxygens (including phenoxy) is 1. The molecule has 2 aromatic carbocycles. The molecule has 0 atom stereocenters. The van der Waals surface area contributed by atoms with Crippen molar-refractivity contribution in [3.8, 4) is 22.7 Å². The third kappa shape index (κ3) is 3.64. The summed E-state index contributed by atoms with van der Waals surface area (Å²) in [5, 5.41) is 14.4. The molecule has 0 aliphatic rings. The number of nitrogens with zero attached hydrogens (tertiary/aromatic N) is 3. The van der Waals surface area contributed by atoms with E-state index in [9.17, 15) is 4.79 Å². The molecule has 0 spiro atoms. The van der Waals surface area contributed by atoms with E-state index in [4.69, 9.17) is 4.74 Å². The van der Waals surface area contributed by atoms with Crippen molar-refractivity contribution in [1.82, 2.24) is 25.3 Å². The highest BCUT2D eigenvalue weighted by molar-refractivity contribution is 5.93. The van der Waals surface area contributed by atoms with E-state index < -0.39 is 0 Å². The largest absolute Gasteiger partial charge is 0.494 e. The standard InChI is InChI=1S/C21H19N5O2/c1-28-20-10-6-5-9-19(20)26-14-16(12-23-26)21(27)22-13-17-11-18(25-24-17)15-7-3-2-4-8-15/h2-12,14H,13H2,1H3,(H,22,27)(H,24,25). The van der Waals surface area contributed by atoms with E-state index in [1.807, 2.05) is 60.7 Å². The molecule has 28 heavy (non-hydrogen) atoms. The quantitative estimate of drug-likeness (QED) is 0.544. The maximum absolute atomic E-state index is 12.5. The minimum Gasteiger partial charge on any atom is -0.494 e. The van der Waals surface area contributed by atoms with Crippen LogP contribution in [-0.2, 0) is 6.54 Å². The van der Waals surface area contributed by atoms with Gasteiger partial charge in [0, 0.05) is 11.8 Å². The summed E-state index contributed by atoms with van der Waals surface area (Å²) in [6.45, 7) is 0.346. The van der Waals surface area contributed by atoms with E-state index in [1.165, 1.54) is 6.20 Å². The number of carbonyl (C=O) groups is 1. The van der Waals surface area contributed by atoms with E-state index in [-0.39, 0.29) is 5.91 Å². The first-order valence-corrected chi connectivity index (χ1v) is 8.80. The molecule has 1 amide bonds. The lowest BCUT2D eigenvalue weighted by Crippen LogP contribution is -2.22. The summed E-state index contributed by atoms with van der Waals surface area (Å²) in [5.74, 6) is 0.473. The van der Waals surface area contributed by atoms with Crippen molar-refractivity contribution in [1.29, 1.82) is 0 Å². The molecular formula is C21H19N5O2. The Hall–Kier alpha value is -3.87. The molecule has 7 heteroatoms. The molecule has 0 bridgehead atoms. The van der Waals surface area contributed by atoms with Crippen molar-refractivity contribution in [2.75, 3.05) is 7.11 Å². The van der Waals surface area contributed by atoms with Gasteiger partial charge >= 0.3 is 0 Å². The molecule has 0 fully saturated rings. The number of methoxy groups -OCH3 is 1. The monoisotopic (exact) mass is 373 g/mol. The molecule has 0 radical (unpaired) electrons. The first-order chi connectivity index (χ1) is 13.7. The van der Waals surface area contributed by atoms with Crippen molar-refractivity contribution < 1.29 is 9.53 Å². The number of benzene rings is 2. The molecule has 0 aliphatic carbocycles. The zero-order valence-corrected chi connectivity index (χ0v) is 15.3. The van der Waals surface area contributed by atoms with Gasteiger partial charge in [0.2, 0.25) is 0 Å². The Kier molecular flexibility index (Phi) is 4.88. The summed E-state index contributed by atoms with van der Waals surface area (Å²) in [6.07, 6.45) is 3.21. The number of para-hydroxylation sites is 2. The Morgan fingerprint density at radius 2 is 1.93 bits per heavy atom. The second-order valence-corrected chi connectivity index (χ2v) is 6.17. The lowest BCUT2D eigenvalue weighted by Gasteiger charge is -2.07. The first kappa shape index (κ1) is 17.5. The van der Waals surface area contributed by atoms with E-state index in [0.717, 1.165) is 22.6 Å². The molecule has 2 N–H and O–H groups in total. The van der Waals surface area contributed by atoms with E-state index in [1.54, 1.807) is 18.0 Å². The summed E-state index contributed by atoms with van der Waals surface area (Å²) in [7, 11) is 1.60. The summed E-state index contributed by atoms with van der Waals surface area (Å²) in [4.78, 5) is 12.5. The van der Waals surface area contributed by atoms with Crippen molar-refractivity contribution in [3.63, 3.8) is 0 Å². The second-order valence-electron chi connectivity index (χ2n) is 6.17. The van der Waals surface area contributed by atoms with Crippen LogP contribution in [0.2, 0.25) is 0 Å². The van der Waals surface area contributed by atoms with Gasteiger partial charge in [-0.05, 0) is 18.2 Å². The van der Waals surface area contributed by atoms with Crippen LogP contribution in [0.15, 0.2) is 73.1 Å². The summed E-state index contributed by atoms with van der Waals surface area (Å²) < 4.78 is 6.96. The molecule has 4 aromatic rings. The third-order valence-corrected chi connectivity index (χ3v) is 4.32. The smallest absolute Gasteiger partial charge is 0.254 e.